The summed E-state index contributed by atoms with van der Waals surface area (Å²) in [5.74, 6) is 0.985. The van der Waals surface area contributed by atoms with Gasteiger partial charge in [-0.1, -0.05) is 18.2 Å². The van der Waals surface area contributed by atoms with Crippen molar-refractivity contribution in [2.24, 2.45) is 0 Å². The third kappa shape index (κ3) is 4.45. The molecule has 0 amide bonds. The minimum atomic E-state index is 0.250. The van der Waals surface area contributed by atoms with Crippen molar-refractivity contribution in [3.8, 4) is 5.75 Å². The Bertz CT molecular complexity index is 450. The van der Waals surface area contributed by atoms with Crippen LogP contribution in [0.25, 0.3) is 0 Å². The minimum absolute atomic E-state index is 0.250. The Hall–Kier alpha value is -1.10. The summed E-state index contributed by atoms with van der Waals surface area (Å²) in [4.78, 5) is 5.00. The maximum absolute atomic E-state index is 9.40. The lowest BCUT2D eigenvalue weighted by molar-refractivity contribution is 0.0384. The van der Waals surface area contributed by atoms with Gasteiger partial charge in [0.1, 0.15) is 5.75 Å². The van der Waals surface area contributed by atoms with E-state index in [2.05, 4.69) is 35.8 Å². The van der Waals surface area contributed by atoms with Crippen molar-refractivity contribution in [2.45, 2.75) is 45.8 Å². The number of aliphatic hydroxyl groups is 1. The molecule has 1 fully saturated rings. The van der Waals surface area contributed by atoms with Crippen molar-refractivity contribution in [2.75, 3.05) is 32.8 Å². The van der Waals surface area contributed by atoms with Gasteiger partial charge in [0, 0.05) is 50.4 Å². The Labute approximate surface area is 134 Å². The highest BCUT2D eigenvalue weighted by Gasteiger charge is 2.28. The molecule has 22 heavy (non-hydrogen) atoms. The molecule has 4 heteroatoms. The zero-order chi connectivity index (χ0) is 15.9. The number of piperazine rings is 1. The number of hydrogen-bond donors (Lipinski definition) is 1. The molecule has 4 nitrogen and oxygen atoms in total. The molecule has 0 aliphatic carbocycles. The van der Waals surface area contributed by atoms with E-state index < -0.39 is 0 Å². The predicted octanol–water partition coefficient (Wildman–Crippen LogP) is 2.36. The summed E-state index contributed by atoms with van der Waals surface area (Å²) in [7, 11) is 0. The van der Waals surface area contributed by atoms with Crippen LogP contribution in [0.4, 0.5) is 0 Å². The van der Waals surface area contributed by atoms with E-state index in [4.69, 9.17) is 4.74 Å². The molecule has 1 aliphatic heterocycles. The van der Waals surface area contributed by atoms with Crippen LogP contribution in [0.1, 0.15) is 32.8 Å². The number of nitrogens with zero attached hydrogens (tertiary/aromatic N) is 2. The lowest BCUT2D eigenvalue weighted by Gasteiger charge is -2.43. The summed E-state index contributed by atoms with van der Waals surface area (Å²) in [5.41, 5.74) is 1.24. The first-order chi connectivity index (χ1) is 10.7. The fraction of sp³-hybridized carbons (Fsp3) is 0.667. The second-order valence-corrected chi connectivity index (χ2v) is 6.27. The Balaban J connectivity index is 2.07. The molecule has 1 N–H and O–H groups in total. The zero-order valence-electron chi connectivity index (χ0n) is 14.2. The average molecular weight is 306 g/mol. The maximum atomic E-state index is 9.40. The molecule has 1 aliphatic rings. The molecule has 1 atom stereocenters. The summed E-state index contributed by atoms with van der Waals surface area (Å²) < 4.78 is 5.75. The third-order valence-electron chi connectivity index (χ3n) is 4.47. The lowest BCUT2D eigenvalue weighted by atomic mass is 10.1. The highest BCUT2D eigenvalue weighted by Crippen LogP contribution is 2.23. The molecule has 0 radical (unpaired) electrons. The van der Waals surface area contributed by atoms with Crippen molar-refractivity contribution in [1.29, 1.82) is 0 Å². The molecule has 1 aromatic rings. The normalized spacial score (nSPS) is 20.5. The SMILES string of the molecule is CCOc1ccccc1CN1CCN(C(C)C)C[C@@H]1CCO. The van der Waals surface area contributed by atoms with Gasteiger partial charge in [-0.25, -0.2) is 0 Å². The minimum Gasteiger partial charge on any atom is -0.494 e. The number of ether oxygens (including phenoxy) is 1. The Morgan fingerprint density at radius 1 is 1.27 bits per heavy atom. The third-order valence-corrected chi connectivity index (χ3v) is 4.47. The number of hydrogen-bond acceptors (Lipinski definition) is 4. The molecule has 0 saturated carbocycles. The quantitative estimate of drug-likeness (QED) is 0.839. The fourth-order valence-corrected chi connectivity index (χ4v) is 3.17. The Morgan fingerprint density at radius 2 is 2.05 bits per heavy atom. The van der Waals surface area contributed by atoms with Gasteiger partial charge in [-0.15, -0.1) is 0 Å². The van der Waals surface area contributed by atoms with Crippen molar-refractivity contribution in [3.63, 3.8) is 0 Å². The van der Waals surface area contributed by atoms with E-state index in [1.807, 2.05) is 19.1 Å². The topological polar surface area (TPSA) is 35.9 Å². The molecular weight excluding hydrogens is 276 g/mol. The molecular formula is C18H30N2O2. The van der Waals surface area contributed by atoms with Crippen molar-refractivity contribution < 1.29 is 9.84 Å². The van der Waals surface area contributed by atoms with Gasteiger partial charge in [0.15, 0.2) is 0 Å². The van der Waals surface area contributed by atoms with Gasteiger partial charge in [0.05, 0.1) is 6.61 Å². The van der Waals surface area contributed by atoms with Crippen LogP contribution in [0.5, 0.6) is 5.75 Å². The molecule has 0 aromatic heterocycles. The molecule has 0 spiro atoms. The summed E-state index contributed by atoms with van der Waals surface area (Å²) in [5, 5.41) is 9.40. The first-order valence-corrected chi connectivity index (χ1v) is 8.45. The number of rotatable bonds is 7. The smallest absolute Gasteiger partial charge is 0.123 e. The second kappa shape index (κ2) is 8.51. The number of benzene rings is 1. The second-order valence-electron chi connectivity index (χ2n) is 6.27. The van der Waals surface area contributed by atoms with E-state index in [1.165, 1.54) is 5.56 Å². The lowest BCUT2D eigenvalue weighted by Crippen LogP contribution is -2.54. The summed E-state index contributed by atoms with van der Waals surface area (Å²) in [6.07, 6.45) is 0.833. The first kappa shape index (κ1) is 17.3. The Kier molecular flexibility index (Phi) is 6.68. The average Bonchev–Trinajstić information content (AvgIpc) is 2.51. The summed E-state index contributed by atoms with van der Waals surface area (Å²) >= 11 is 0. The summed E-state index contributed by atoms with van der Waals surface area (Å²) in [6, 6.07) is 9.27. The van der Waals surface area contributed by atoms with Gasteiger partial charge < -0.3 is 9.84 Å². The van der Waals surface area contributed by atoms with Crippen LogP contribution in [-0.2, 0) is 6.54 Å². The van der Waals surface area contributed by atoms with Gasteiger partial charge in [0.25, 0.3) is 0 Å². The van der Waals surface area contributed by atoms with Crippen LogP contribution in [0.3, 0.4) is 0 Å². The largest absolute Gasteiger partial charge is 0.494 e. The van der Waals surface area contributed by atoms with Crippen LogP contribution < -0.4 is 4.74 Å². The maximum Gasteiger partial charge on any atom is 0.123 e. The first-order valence-electron chi connectivity index (χ1n) is 8.45. The molecule has 0 bridgehead atoms. The molecule has 1 heterocycles. The van der Waals surface area contributed by atoms with Crippen LogP contribution in [0.2, 0.25) is 0 Å². The van der Waals surface area contributed by atoms with E-state index in [-0.39, 0.29) is 6.61 Å². The highest BCUT2D eigenvalue weighted by atomic mass is 16.5. The zero-order valence-corrected chi connectivity index (χ0v) is 14.2. The molecule has 1 aromatic carbocycles. The van der Waals surface area contributed by atoms with Crippen LogP contribution in [0, 0.1) is 0 Å². The number of para-hydroxylation sites is 1. The van der Waals surface area contributed by atoms with Gasteiger partial charge >= 0.3 is 0 Å². The van der Waals surface area contributed by atoms with Gasteiger partial charge in [0.2, 0.25) is 0 Å². The van der Waals surface area contributed by atoms with Crippen molar-refractivity contribution in [1.82, 2.24) is 9.80 Å². The van der Waals surface area contributed by atoms with Gasteiger partial charge in [-0.05, 0) is 33.3 Å². The number of aliphatic hydroxyl groups excluding tert-OH is 1. The van der Waals surface area contributed by atoms with Gasteiger partial charge in [-0.2, -0.15) is 0 Å². The van der Waals surface area contributed by atoms with E-state index in [0.717, 1.165) is 38.3 Å². The summed E-state index contributed by atoms with van der Waals surface area (Å²) in [6.45, 7) is 11.5. The Morgan fingerprint density at radius 3 is 2.73 bits per heavy atom. The fourth-order valence-electron chi connectivity index (χ4n) is 3.17. The monoisotopic (exact) mass is 306 g/mol. The van der Waals surface area contributed by atoms with Crippen LogP contribution in [0.15, 0.2) is 24.3 Å². The molecule has 124 valence electrons. The van der Waals surface area contributed by atoms with Crippen LogP contribution >= 0.6 is 0 Å². The van der Waals surface area contributed by atoms with Gasteiger partial charge in [-0.3, -0.25) is 9.80 Å². The van der Waals surface area contributed by atoms with E-state index in [1.54, 1.807) is 0 Å². The standard InChI is InChI=1S/C18H30N2O2/c1-4-22-18-8-6-5-7-16(18)13-20-11-10-19(15(2)3)14-17(20)9-12-21/h5-8,15,17,21H,4,9-14H2,1-3H3/t17-/m0/s1. The van der Waals surface area contributed by atoms with Crippen molar-refractivity contribution >= 4 is 0 Å². The van der Waals surface area contributed by atoms with E-state index >= 15 is 0 Å². The molecule has 2 rings (SSSR count). The predicted molar refractivity (Wildman–Crippen MR) is 90.2 cm³/mol. The molecule has 1 saturated heterocycles. The molecule has 0 unspecified atom stereocenters. The van der Waals surface area contributed by atoms with E-state index in [0.29, 0.717) is 18.7 Å². The van der Waals surface area contributed by atoms with Crippen LogP contribution in [-0.4, -0.2) is 59.8 Å². The van der Waals surface area contributed by atoms with Crippen molar-refractivity contribution in [3.05, 3.63) is 29.8 Å². The van der Waals surface area contributed by atoms with E-state index in [9.17, 15) is 5.11 Å². The highest BCUT2D eigenvalue weighted by molar-refractivity contribution is 5.33.